The number of nitrogens with one attached hydrogen (secondary N) is 2. The van der Waals surface area contributed by atoms with Gasteiger partial charge in [-0.25, -0.2) is 0 Å². The van der Waals surface area contributed by atoms with Crippen LogP contribution in [0.2, 0.25) is 0 Å². The Hall–Kier alpha value is -3.66. The molecular formula is C26H22N2O2. The zero-order valence-electron chi connectivity index (χ0n) is 16.5. The maximum Gasteiger partial charge on any atom is 0.243 e. The summed E-state index contributed by atoms with van der Waals surface area (Å²) in [7, 11) is 0. The van der Waals surface area contributed by atoms with E-state index in [9.17, 15) is 9.59 Å². The van der Waals surface area contributed by atoms with E-state index in [2.05, 4.69) is 47.0 Å². The third-order valence-corrected chi connectivity index (χ3v) is 5.87. The summed E-state index contributed by atoms with van der Waals surface area (Å²) in [5.74, 6) is -0.263. The first-order valence-corrected chi connectivity index (χ1v) is 10.2. The molecule has 148 valence electrons. The fourth-order valence-corrected chi connectivity index (χ4v) is 4.34. The van der Waals surface area contributed by atoms with Gasteiger partial charge in [0.25, 0.3) is 0 Å². The van der Waals surface area contributed by atoms with Gasteiger partial charge in [-0.1, -0.05) is 84.9 Å². The molecule has 4 nitrogen and oxygen atoms in total. The van der Waals surface area contributed by atoms with Crippen LogP contribution in [0.3, 0.4) is 0 Å². The number of fused-ring (bicyclic) bond motifs is 2. The number of amides is 2. The molecule has 0 unspecified atom stereocenters. The van der Waals surface area contributed by atoms with Crippen molar-refractivity contribution >= 4 is 33.4 Å². The lowest BCUT2D eigenvalue weighted by Crippen LogP contribution is -2.62. The fraction of sp³-hybridized carbons (Fsp3) is 0.154. The Kier molecular flexibility index (Phi) is 4.68. The molecule has 4 aromatic carbocycles. The smallest absolute Gasteiger partial charge is 0.243 e. The van der Waals surface area contributed by atoms with Gasteiger partial charge in [-0.05, 0) is 32.7 Å². The van der Waals surface area contributed by atoms with Crippen molar-refractivity contribution in [1.29, 1.82) is 0 Å². The van der Waals surface area contributed by atoms with Gasteiger partial charge in [0.1, 0.15) is 12.1 Å². The minimum Gasteiger partial charge on any atom is -0.342 e. The highest BCUT2D eigenvalue weighted by molar-refractivity contribution is 5.98. The van der Waals surface area contributed by atoms with Crippen LogP contribution < -0.4 is 10.6 Å². The third kappa shape index (κ3) is 3.41. The Labute approximate surface area is 174 Å². The van der Waals surface area contributed by atoms with Crippen LogP contribution in [0.25, 0.3) is 21.5 Å². The van der Waals surface area contributed by atoms with E-state index < -0.39 is 12.1 Å². The van der Waals surface area contributed by atoms with Crippen molar-refractivity contribution in [3.63, 3.8) is 0 Å². The van der Waals surface area contributed by atoms with Gasteiger partial charge in [0.2, 0.25) is 11.8 Å². The molecule has 1 heterocycles. The van der Waals surface area contributed by atoms with Crippen LogP contribution in [-0.4, -0.2) is 23.9 Å². The number of piperazine rings is 1. The molecule has 1 saturated heterocycles. The van der Waals surface area contributed by atoms with Gasteiger partial charge in [0, 0.05) is 12.8 Å². The standard InChI is InChI=1S/C26H22N2O2/c29-25-23(15-19-11-5-9-17-7-1-3-13-21(17)19)27-26(30)24(28-25)16-20-12-6-10-18-8-2-4-14-22(18)20/h1-14,23-24H,15-16H2,(H,27,30)(H,28,29)/t23-,24-/m0/s1. The highest BCUT2D eigenvalue weighted by Crippen LogP contribution is 2.22. The van der Waals surface area contributed by atoms with Gasteiger partial charge in [-0.15, -0.1) is 0 Å². The van der Waals surface area contributed by atoms with Crippen molar-refractivity contribution < 1.29 is 9.59 Å². The average molecular weight is 394 g/mol. The zero-order chi connectivity index (χ0) is 20.5. The molecule has 2 N–H and O–H groups in total. The van der Waals surface area contributed by atoms with Crippen LogP contribution in [0, 0.1) is 0 Å². The van der Waals surface area contributed by atoms with E-state index in [1.807, 2.05) is 48.5 Å². The number of rotatable bonds is 4. The quantitative estimate of drug-likeness (QED) is 0.554. The second kappa shape index (κ2) is 7.64. The van der Waals surface area contributed by atoms with Gasteiger partial charge in [-0.2, -0.15) is 0 Å². The van der Waals surface area contributed by atoms with Gasteiger partial charge in [-0.3, -0.25) is 9.59 Å². The van der Waals surface area contributed by atoms with Gasteiger partial charge in [0.05, 0.1) is 0 Å². The largest absolute Gasteiger partial charge is 0.342 e. The van der Waals surface area contributed by atoms with E-state index >= 15 is 0 Å². The summed E-state index contributed by atoms with van der Waals surface area (Å²) in [5, 5.41) is 10.4. The van der Waals surface area contributed by atoms with Crippen LogP contribution in [0.4, 0.5) is 0 Å². The molecular weight excluding hydrogens is 372 g/mol. The maximum absolute atomic E-state index is 12.8. The molecule has 0 aromatic heterocycles. The number of carbonyl (C=O) groups is 2. The van der Waals surface area contributed by atoms with Crippen molar-refractivity contribution in [2.45, 2.75) is 24.9 Å². The average Bonchev–Trinajstić information content (AvgIpc) is 2.77. The molecule has 1 aliphatic heterocycles. The summed E-state index contributed by atoms with van der Waals surface area (Å²) in [6, 6.07) is 27.2. The predicted molar refractivity (Wildman–Crippen MR) is 119 cm³/mol. The molecule has 5 rings (SSSR count). The third-order valence-electron chi connectivity index (χ3n) is 5.87. The van der Waals surface area contributed by atoms with E-state index in [1.165, 1.54) is 0 Å². The highest BCUT2D eigenvalue weighted by Gasteiger charge is 2.34. The lowest BCUT2D eigenvalue weighted by Gasteiger charge is -2.30. The van der Waals surface area contributed by atoms with Crippen LogP contribution in [0.15, 0.2) is 84.9 Å². The van der Waals surface area contributed by atoms with Crippen LogP contribution in [0.1, 0.15) is 11.1 Å². The molecule has 0 bridgehead atoms. The molecule has 2 atom stereocenters. The molecule has 0 radical (unpaired) electrons. The van der Waals surface area contributed by atoms with Crippen molar-refractivity contribution in [1.82, 2.24) is 10.6 Å². The summed E-state index contributed by atoms with van der Waals surface area (Å²) in [5.41, 5.74) is 2.11. The summed E-state index contributed by atoms with van der Waals surface area (Å²) in [6.07, 6.45) is 0.944. The predicted octanol–water partition coefficient (Wildman–Crippen LogP) is 3.76. The first-order chi connectivity index (χ1) is 14.7. The van der Waals surface area contributed by atoms with Crippen LogP contribution in [-0.2, 0) is 22.4 Å². The van der Waals surface area contributed by atoms with E-state index in [-0.39, 0.29) is 11.8 Å². The lowest BCUT2D eigenvalue weighted by atomic mass is 9.94. The van der Waals surface area contributed by atoms with Gasteiger partial charge < -0.3 is 10.6 Å². The van der Waals surface area contributed by atoms with E-state index in [4.69, 9.17) is 0 Å². The van der Waals surface area contributed by atoms with Crippen molar-refractivity contribution in [2.24, 2.45) is 0 Å². The Morgan fingerprint density at radius 2 is 0.933 bits per heavy atom. The molecule has 4 heteroatoms. The molecule has 4 aromatic rings. The van der Waals surface area contributed by atoms with Gasteiger partial charge >= 0.3 is 0 Å². The number of benzene rings is 4. The van der Waals surface area contributed by atoms with Crippen molar-refractivity contribution in [2.75, 3.05) is 0 Å². The monoisotopic (exact) mass is 394 g/mol. The number of carbonyl (C=O) groups excluding carboxylic acids is 2. The molecule has 0 saturated carbocycles. The first kappa shape index (κ1) is 18.4. The Morgan fingerprint density at radius 3 is 1.40 bits per heavy atom. The van der Waals surface area contributed by atoms with E-state index in [1.54, 1.807) is 0 Å². The summed E-state index contributed by atoms with van der Waals surface area (Å²) in [6.45, 7) is 0. The number of hydrogen-bond acceptors (Lipinski definition) is 2. The SMILES string of the molecule is O=C1N[C@@H](Cc2cccc3ccccc23)C(=O)N[C@H]1Cc1cccc2ccccc12. The Morgan fingerprint density at radius 1 is 0.533 bits per heavy atom. The second-order valence-corrected chi connectivity index (χ2v) is 7.81. The minimum atomic E-state index is -0.563. The maximum atomic E-state index is 12.8. The fourth-order valence-electron chi connectivity index (χ4n) is 4.34. The molecule has 1 fully saturated rings. The molecule has 0 aliphatic carbocycles. The van der Waals surface area contributed by atoms with Crippen LogP contribution >= 0.6 is 0 Å². The summed E-state index contributed by atoms with van der Waals surface area (Å²) >= 11 is 0. The normalized spacial score (nSPS) is 18.9. The van der Waals surface area contributed by atoms with Crippen molar-refractivity contribution in [3.8, 4) is 0 Å². The van der Waals surface area contributed by atoms with Gasteiger partial charge in [0.15, 0.2) is 0 Å². The number of hydrogen-bond donors (Lipinski definition) is 2. The first-order valence-electron chi connectivity index (χ1n) is 10.2. The minimum absolute atomic E-state index is 0.132. The van der Waals surface area contributed by atoms with E-state index in [0.717, 1.165) is 32.7 Å². The summed E-state index contributed by atoms with van der Waals surface area (Å²) < 4.78 is 0. The Balaban J connectivity index is 1.35. The topological polar surface area (TPSA) is 58.2 Å². The highest BCUT2D eigenvalue weighted by atomic mass is 16.2. The molecule has 1 aliphatic rings. The zero-order valence-corrected chi connectivity index (χ0v) is 16.5. The lowest BCUT2D eigenvalue weighted by molar-refractivity contribution is -0.136. The summed E-state index contributed by atoms with van der Waals surface area (Å²) in [4.78, 5) is 25.6. The molecule has 2 amide bonds. The second-order valence-electron chi connectivity index (χ2n) is 7.81. The van der Waals surface area contributed by atoms with Crippen molar-refractivity contribution in [3.05, 3.63) is 96.1 Å². The Bertz CT molecular complexity index is 1150. The molecule has 30 heavy (non-hydrogen) atoms. The van der Waals surface area contributed by atoms with Crippen LogP contribution in [0.5, 0.6) is 0 Å². The van der Waals surface area contributed by atoms with E-state index in [0.29, 0.717) is 12.8 Å². The molecule has 0 spiro atoms.